The number of nitrogens with one attached hydrogen (secondary N) is 2. The van der Waals surface area contributed by atoms with E-state index in [9.17, 15) is 24.3 Å². The molecule has 0 saturated heterocycles. The lowest BCUT2D eigenvalue weighted by Crippen LogP contribution is -2.61. The van der Waals surface area contributed by atoms with Crippen LogP contribution in [0.2, 0.25) is 0 Å². The van der Waals surface area contributed by atoms with E-state index in [0.717, 1.165) is 55.9 Å². The van der Waals surface area contributed by atoms with E-state index < -0.39 is 28.7 Å². The fourth-order valence-electron chi connectivity index (χ4n) is 4.53. The molecule has 3 N–H and O–H groups in total. The summed E-state index contributed by atoms with van der Waals surface area (Å²) < 4.78 is 5.51. The fourth-order valence-corrected chi connectivity index (χ4v) is 5.32. The van der Waals surface area contributed by atoms with Crippen molar-refractivity contribution in [3.05, 3.63) is 29.8 Å². The maximum absolute atomic E-state index is 13.6. The molecule has 1 saturated carbocycles. The lowest BCUT2D eigenvalue weighted by Gasteiger charge is -2.33. The van der Waals surface area contributed by atoms with Crippen molar-refractivity contribution in [3.63, 3.8) is 0 Å². The molecule has 1 aromatic rings. The summed E-state index contributed by atoms with van der Waals surface area (Å²) in [7, 11) is 0. The molecule has 1 aliphatic carbocycles. The first-order valence-electron chi connectivity index (χ1n) is 13.3. The lowest BCUT2D eigenvalue weighted by atomic mass is 9.94. The summed E-state index contributed by atoms with van der Waals surface area (Å²) in [5.74, 6) is -1.27. The van der Waals surface area contributed by atoms with Crippen molar-refractivity contribution in [1.82, 2.24) is 10.6 Å². The number of amides is 2. The molecule has 37 heavy (non-hydrogen) atoms. The summed E-state index contributed by atoms with van der Waals surface area (Å²) in [5.41, 5.74) is -0.385. The van der Waals surface area contributed by atoms with Crippen molar-refractivity contribution in [3.8, 4) is 5.75 Å². The molecule has 0 aromatic heterocycles. The average Bonchev–Trinajstić information content (AvgIpc) is 3.32. The molecule has 0 heterocycles. The van der Waals surface area contributed by atoms with Gasteiger partial charge in [-0.05, 0) is 42.9 Å². The number of carbonyl (C=O) groups is 4. The number of rotatable bonds is 14. The van der Waals surface area contributed by atoms with Crippen molar-refractivity contribution in [2.75, 3.05) is 6.61 Å². The summed E-state index contributed by atoms with van der Waals surface area (Å²) in [6.07, 6.45) is 6.49. The van der Waals surface area contributed by atoms with E-state index in [2.05, 4.69) is 17.6 Å². The van der Waals surface area contributed by atoms with E-state index in [-0.39, 0.29) is 35.7 Å². The van der Waals surface area contributed by atoms with Crippen LogP contribution in [-0.4, -0.2) is 51.4 Å². The van der Waals surface area contributed by atoms with Gasteiger partial charge in [0.15, 0.2) is 5.12 Å². The molecule has 1 aromatic carbocycles. The van der Waals surface area contributed by atoms with Gasteiger partial charge in [0, 0.05) is 13.3 Å². The maximum Gasteiger partial charge on any atom is 0.328 e. The van der Waals surface area contributed by atoms with Gasteiger partial charge in [-0.15, -0.1) is 0 Å². The Labute approximate surface area is 224 Å². The summed E-state index contributed by atoms with van der Waals surface area (Å²) in [4.78, 5) is 51.6. The van der Waals surface area contributed by atoms with Gasteiger partial charge in [-0.2, -0.15) is 0 Å². The first-order chi connectivity index (χ1) is 17.6. The standard InChI is InChI=1S/C28H42N2O6S/c1-5-6-7-10-17-36-26(34)23(18-21-11-13-22(32)14-12-21)29-27(35)28(15-8-9-16-28)30-25(33)24(19(2)3)37-20(4)31/h11-14,19,23-24,32H,5-10,15-18H2,1-4H3,(H,29,35)(H,30,33)/t23-,24-/m0/s1. The second-order valence-corrected chi connectivity index (χ2v) is 11.5. The van der Waals surface area contributed by atoms with Crippen LogP contribution in [0.3, 0.4) is 0 Å². The van der Waals surface area contributed by atoms with Gasteiger partial charge in [-0.1, -0.05) is 76.8 Å². The van der Waals surface area contributed by atoms with Crippen LogP contribution in [0.4, 0.5) is 0 Å². The quantitative estimate of drug-likeness (QED) is 0.241. The predicted molar refractivity (Wildman–Crippen MR) is 145 cm³/mol. The first kappa shape index (κ1) is 30.7. The highest BCUT2D eigenvalue weighted by Gasteiger charge is 2.45. The van der Waals surface area contributed by atoms with Crippen LogP contribution >= 0.6 is 11.8 Å². The minimum atomic E-state index is -1.14. The number of ether oxygens (including phenoxy) is 1. The molecule has 1 aliphatic rings. The van der Waals surface area contributed by atoms with E-state index >= 15 is 0 Å². The second-order valence-electron chi connectivity index (χ2n) is 10.2. The van der Waals surface area contributed by atoms with Crippen molar-refractivity contribution >= 4 is 34.7 Å². The Morgan fingerprint density at radius 1 is 1.05 bits per heavy atom. The highest BCUT2D eigenvalue weighted by atomic mass is 32.2. The number of hydrogen-bond acceptors (Lipinski definition) is 7. The van der Waals surface area contributed by atoms with E-state index in [1.54, 1.807) is 12.1 Å². The van der Waals surface area contributed by atoms with E-state index in [1.807, 2.05) is 13.8 Å². The molecule has 2 amide bonds. The van der Waals surface area contributed by atoms with Crippen LogP contribution < -0.4 is 10.6 Å². The average molecular weight is 535 g/mol. The van der Waals surface area contributed by atoms with Crippen LogP contribution in [0.5, 0.6) is 5.75 Å². The Bertz CT molecular complexity index is 912. The van der Waals surface area contributed by atoms with Crippen molar-refractivity contribution in [2.24, 2.45) is 5.92 Å². The van der Waals surface area contributed by atoms with E-state index in [4.69, 9.17) is 4.74 Å². The minimum Gasteiger partial charge on any atom is -0.508 e. The molecule has 8 nitrogen and oxygen atoms in total. The van der Waals surface area contributed by atoms with Gasteiger partial charge < -0.3 is 20.5 Å². The van der Waals surface area contributed by atoms with Crippen molar-refractivity contribution in [1.29, 1.82) is 0 Å². The molecule has 1 fully saturated rings. The number of benzene rings is 1. The number of carbonyl (C=O) groups excluding carboxylic acids is 4. The number of unbranched alkanes of at least 4 members (excludes halogenated alkanes) is 3. The molecule has 2 rings (SSSR count). The molecule has 0 radical (unpaired) electrons. The van der Waals surface area contributed by atoms with Gasteiger partial charge >= 0.3 is 5.97 Å². The zero-order valence-electron chi connectivity index (χ0n) is 22.5. The van der Waals surface area contributed by atoms with Gasteiger partial charge in [0.2, 0.25) is 11.8 Å². The number of esters is 1. The number of hydrogen-bond donors (Lipinski definition) is 3. The Hall–Kier alpha value is -2.55. The third kappa shape index (κ3) is 9.68. The molecule has 206 valence electrons. The maximum atomic E-state index is 13.6. The molecule has 2 atom stereocenters. The normalized spacial score (nSPS) is 16.1. The highest BCUT2D eigenvalue weighted by molar-refractivity contribution is 8.14. The monoisotopic (exact) mass is 534 g/mol. The SMILES string of the molecule is CCCCCCOC(=O)[C@H](Cc1ccc(O)cc1)NC(=O)C1(NC(=O)[C@@H](SC(C)=O)C(C)C)CCCC1. The zero-order valence-corrected chi connectivity index (χ0v) is 23.3. The van der Waals surface area contributed by atoms with Gasteiger partial charge in [0.25, 0.3) is 0 Å². The van der Waals surface area contributed by atoms with Crippen molar-refractivity contribution in [2.45, 2.75) is 102 Å². The number of phenols is 1. The summed E-state index contributed by atoms with van der Waals surface area (Å²) in [5, 5.41) is 14.7. The third-order valence-corrected chi connectivity index (χ3v) is 7.96. The Morgan fingerprint density at radius 3 is 2.27 bits per heavy atom. The van der Waals surface area contributed by atoms with Gasteiger partial charge in [-0.3, -0.25) is 14.4 Å². The summed E-state index contributed by atoms with van der Waals surface area (Å²) in [6.45, 7) is 7.54. The van der Waals surface area contributed by atoms with Crippen molar-refractivity contribution < 1.29 is 29.0 Å². The Balaban J connectivity index is 2.19. The number of phenolic OH excluding ortho intramolecular Hbond substituents is 1. The highest BCUT2D eigenvalue weighted by Crippen LogP contribution is 2.32. The molecule has 0 bridgehead atoms. The lowest BCUT2D eigenvalue weighted by molar-refractivity contribution is -0.149. The van der Waals surface area contributed by atoms with Crippen LogP contribution in [-0.2, 0) is 30.3 Å². The van der Waals surface area contributed by atoms with E-state index in [1.165, 1.54) is 19.1 Å². The summed E-state index contributed by atoms with van der Waals surface area (Å²) >= 11 is 0.969. The smallest absolute Gasteiger partial charge is 0.328 e. The summed E-state index contributed by atoms with van der Waals surface area (Å²) in [6, 6.07) is 5.51. The molecule has 0 aliphatic heterocycles. The van der Waals surface area contributed by atoms with Gasteiger partial charge in [0.1, 0.15) is 17.3 Å². The molecular weight excluding hydrogens is 492 g/mol. The van der Waals surface area contributed by atoms with E-state index in [0.29, 0.717) is 12.8 Å². The number of aromatic hydroxyl groups is 1. The van der Waals surface area contributed by atoms with Gasteiger partial charge in [-0.25, -0.2) is 4.79 Å². The molecule has 0 unspecified atom stereocenters. The first-order valence-corrected chi connectivity index (χ1v) is 14.2. The minimum absolute atomic E-state index is 0.0969. The van der Waals surface area contributed by atoms with Gasteiger partial charge in [0.05, 0.1) is 11.9 Å². The Morgan fingerprint density at radius 2 is 1.70 bits per heavy atom. The second kappa shape index (κ2) is 15.0. The van der Waals surface area contributed by atoms with Crippen LogP contribution in [0, 0.1) is 5.92 Å². The topological polar surface area (TPSA) is 122 Å². The van der Waals surface area contributed by atoms with Crippen LogP contribution in [0.1, 0.15) is 84.6 Å². The Kier molecular flexibility index (Phi) is 12.4. The molecule has 9 heteroatoms. The third-order valence-electron chi connectivity index (χ3n) is 6.62. The van der Waals surface area contributed by atoms with Crippen LogP contribution in [0.25, 0.3) is 0 Å². The predicted octanol–water partition coefficient (Wildman–Crippen LogP) is 4.28. The van der Waals surface area contributed by atoms with Crippen LogP contribution in [0.15, 0.2) is 24.3 Å². The largest absolute Gasteiger partial charge is 0.508 e. The molecule has 0 spiro atoms. The fraction of sp³-hybridized carbons (Fsp3) is 0.643. The number of thioether (sulfide) groups is 1. The molecular formula is C28H42N2O6S. The zero-order chi connectivity index (χ0) is 27.4.